The Bertz CT molecular complexity index is 1760. The number of hydrogen-bond acceptors (Lipinski definition) is 8. The van der Waals surface area contributed by atoms with Crippen LogP contribution in [0.4, 0.5) is 5.69 Å². The summed E-state index contributed by atoms with van der Waals surface area (Å²) in [5.74, 6) is -0.339. The number of methoxy groups -OCH3 is 2. The van der Waals surface area contributed by atoms with E-state index in [2.05, 4.69) is 31.2 Å². The SMILES string of the molecule is COc1ccc(C(=O)Oc2ccc(Br)cc2C=NNC(=O)c2ccccc2NS(=O)(=O)c2ccc(Cl)cc2)cc1OC. The van der Waals surface area contributed by atoms with Crippen LogP contribution in [0.3, 0.4) is 0 Å². The van der Waals surface area contributed by atoms with Gasteiger partial charge in [-0.05, 0) is 72.8 Å². The van der Waals surface area contributed by atoms with E-state index in [1.165, 1.54) is 69.0 Å². The summed E-state index contributed by atoms with van der Waals surface area (Å²) in [6.07, 6.45) is 1.29. The number of benzene rings is 4. The molecule has 13 heteroatoms. The van der Waals surface area contributed by atoms with Crippen LogP contribution < -0.4 is 24.4 Å². The quantitative estimate of drug-likeness (QED) is 0.0928. The normalized spacial score (nSPS) is 11.1. The summed E-state index contributed by atoms with van der Waals surface area (Å²) in [6.45, 7) is 0. The molecule has 10 nitrogen and oxygen atoms in total. The summed E-state index contributed by atoms with van der Waals surface area (Å²) in [6, 6.07) is 21.2. The number of sulfonamides is 1. The van der Waals surface area contributed by atoms with Gasteiger partial charge in [-0.1, -0.05) is 39.7 Å². The lowest BCUT2D eigenvalue weighted by atomic mass is 10.2. The van der Waals surface area contributed by atoms with Crippen molar-refractivity contribution < 1.29 is 32.2 Å². The molecule has 4 aromatic carbocycles. The summed E-state index contributed by atoms with van der Waals surface area (Å²) in [5, 5.41) is 4.38. The van der Waals surface area contributed by atoms with Crippen LogP contribution in [0.5, 0.6) is 17.2 Å². The molecule has 0 aliphatic heterocycles. The topological polar surface area (TPSA) is 132 Å². The van der Waals surface area contributed by atoms with E-state index in [1.807, 2.05) is 0 Å². The number of rotatable bonds is 10. The van der Waals surface area contributed by atoms with Crippen LogP contribution in [-0.4, -0.2) is 40.7 Å². The molecule has 0 aliphatic rings. The maximum Gasteiger partial charge on any atom is 0.343 e. The largest absolute Gasteiger partial charge is 0.493 e. The highest BCUT2D eigenvalue weighted by Crippen LogP contribution is 2.29. The van der Waals surface area contributed by atoms with E-state index in [0.29, 0.717) is 26.6 Å². The van der Waals surface area contributed by atoms with Crippen molar-refractivity contribution >= 4 is 61.3 Å². The Balaban J connectivity index is 1.50. The minimum Gasteiger partial charge on any atom is -0.493 e. The molecule has 4 rings (SSSR count). The Kier molecular flexibility index (Phi) is 9.84. The number of para-hydroxylation sites is 1. The van der Waals surface area contributed by atoms with Crippen molar-refractivity contribution in [2.45, 2.75) is 4.90 Å². The Labute approximate surface area is 255 Å². The molecule has 0 heterocycles. The predicted molar refractivity (Wildman–Crippen MR) is 162 cm³/mol. The number of carbonyl (C=O) groups is 2. The fourth-order valence-corrected chi connectivity index (χ4v) is 5.23. The summed E-state index contributed by atoms with van der Waals surface area (Å²) in [4.78, 5) is 25.8. The molecule has 1 amide bonds. The lowest BCUT2D eigenvalue weighted by molar-refractivity contribution is 0.0733. The number of ether oxygens (including phenoxy) is 3. The molecule has 0 saturated carbocycles. The number of carbonyl (C=O) groups excluding carboxylic acids is 2. The first-order valence-corrected chi connectivity index (χ1v) is 14.7. The zero-order valence-electron chi connectivity index (χ0n) is 22.1. The van der Waals surface area contributed by atoms with Gasteiger partial charge in [0.1, 0.15) is 5.75 Å². The highest BCUT2D eigenvalue weighted by molar-refractivity contribution is 9.10. The van der Waals surface area contributed by atoms with Crippen LogP contribution in [0.25, 0.3) is 0 Å². The lowest BCUT2D eigenvalue weighted by Crippen LogP contribution is -2.21. The minimum atomic E-state index is -4.00. The first-order valence-electron chi connectivity index (χ1n) is 12.1. The molecule has 0 radical (unpaired) electrons. The van der Waals surface area contributed by atoms with E-state index in [1.54, 1.807) is 36.4 Å². The van der Waals surface area contributed by atoms with Crippen molar-refractivity contribution in [1.29, 1.82) is 0 Å². The molecular formula is C29H23BrClN3O7S. The van der Waals surface area contributed by atoms with Crippen molar-refractivity contribution in [2.75, 3.05) is 18.9 Å². The first kappa shape index (κ1) is 30.6. The van der Waals surface area contributed by atoms with Gasteiger partial charge in [0, 0.05) is 15.1 Å². The van der Waals surface area contributed by atoms with Gasteiger partial charge in [0.15, 0.2) is 11.5 Å². The zero-order valence-corrected chi connectivity index (χ0v) is 25.3. The molecule has 0 spiro atoms. The van der Waals surface area contributed by atoms with Crippen molar-refractivity contribution in [3.8, 4) is 17.2 Å². The van der Waals surface area contributed by atoms with Crippen LogP contribution in [0.15, 0.2) is 99.4 Å². The molecule has 216 valence electrons. The van der Waals surface area contributed by atoms with Crippen molar-refractivity contribution in [1.82, 2.24) is 5.43 Å². The maximum atomic E-state index is 13.0. The van der Waals surface area contributed by atoms with Crippen LogP contribution in [0.2, 0.25) is 5.02 Å². The van der Waals surface area contributed by atoms with Gasteiger partial charge in [-0.15, -0.1) is 0 Å². The third kappa shape index (κ3) is 7.46. The number of nitrogens with one attached hydrogen (secondary N) is 2. The van der Waals surface area contributed by atoms with Gasteiger partial charge in [-0.2, -0.15) is 5.10 Å². The van der Waals surface area contributed by atoms with E-state index >= 15 is 0 Å². The van der Waals surface area contributed by atoms with Gasteiger partial charge in [0.25, 0.3) is 15.9 Å². The van der Waals surface area contributed by atoms with Crippen LogP contribution in [-0.2, 0) is 10.0 Å². The van der Waals surface area contributed by atoms with Gasteiger partial charge < -0.3 is 14.2 Å². The van der Waals surface area contributed by atoms with Gasteiger partial charge in [0.05, 0.1) is 42.1 Å². The molecule has 0 bridgehead atoms. The number of esters is 1. The third-order valence-corrected chi connectivity index (χ3v) is 7.83. The van der Waals surface area contributed by atoms with Gasteiger partial charge in [-0.3, -0.25) is 9.52 Å². The Morgan fingerprint density at radius 1 is 0.881 bits per heavy atom. The van der Waals surface area contributed by atoms with Crippen molar-refractivity contribution in [2.24, 2.45) is 5.10 Å². The second-order valence-electron chi connectivity index (χ2n) is 8.45. The molecule has 0 fully saturated rings. The molecular weight excluding hydrogens is 650 g/mol. The fourth-order valence-electron chi connectivity index (χ4n) is 3.64. The average molecular weight is 673 g/mol. The molecule has 0 aliphatic carbocycles. The molecule has 0 atom stereocenters. The predicted octanol–water partition coefficient (Wildman–Crippen LogP) is 5.90. The van der Waals surface area contributed by atoms with Crippen LogP contribution in [0, 0.1) is 0 Å². The molecule has 0 aromatic heterocycles. The molecule has 0 unspecified atom stereocenters. The average Bonchev–Trinajstić information content (AvgIpc) is 2.98. The number of nitrogens with zero attached hydrogens (tertiary/aromatic N) is 1. The second kappa shape index (κ2) is 13.5. The van der Waals surface area contributed by atoms with E-state index in [0.717, 1.165) is 0 Å². The fraction of sp³-hybridized carbons (Fsp3) is 0.0690. The van der Waals surface area contributed by atoms with Gasteiger partial charge >= 0.3 is 5.97 Å². The first-order chi connectivity index (χ1) is 20.1. The summed E-state index contributed by atoms with van der Waals surface area (Å²) in [7, 11) is -1.06. The van der Waals surface area contributed by atoms with E-state index in [-0.39, 0.29) is 27.5 Å². The zero-order chi connectivity index (χ0) is 30.3. The van der Waals surface area contributed by atoms with E-state index in [9.17, 15) is 18.0 Å². The van der Waals surface area contributed by atoms with Crippen LogP contribution in [0.1, 0.15) is 26.3 Å². The van der Waals surface area contributed by atoms with Crippen molar-refractivity contribution in [3.63, 3.8) is 0 Å². The van der Waals surface area contributed by atoms with Crippen molar-refractivity contribution in [3.05, 3.63) is 111 Å². The number of amides is 1. The second-order valence-corrected chi connectivity index (χ2v) is 11.5. The van der Waals surface area contributed by atoms with Gasteiger partial charge in [-0.25, -0.2) is 18.6 Å². The van der Waals surface area contributed by atoms with E-state index < -0.39 is 21.9 Å². The number of halogens is 2. The summed E-state index contributed by atoms with van der Waals surface area (Å²) in [5.41, 5.74) is 3.05. The monoisotopic (exact) mass is 671 g/mol. The number of hydrazone groups is 1. The van der Waals surface area contributed by atoms with Gasteiger partial charge in [0.2, 0.25) is 0 Å². The summed E-state index contributed by atoms with van der Waals surface area (Å²) < 4.78 is 44.8. The minimum absolute atomic E-state index is 0.0232. The van der Waals surface area contributed by atoms with E-state index in [4.69, 9.17) is 25.8 Å². The smallest absolute Gasteiger partial charge is 0.343 e. The molecule has 0 saturated heterocycles. The highest BCUT2D eigenvalue weighted by Gasteiger charge is 2.19. The number of anilines is 1. The Hall–Kier alpha value is -4.39. The number of hydrogen-bond donors (Lipinski definition) is 2. The maximum absolute atomic E-state index is 13.0. The standard InChI is InChI=1S/C29H23BrClN3O7S/c1-39-26-13-7-18(16-27(26)40-2)29(36)41-25-14-8-20(30)15-19(25)17-32-33-28(35)23-5-3-4-6-24(23)34-42(37,38)22-11-9-21(31)10-12-22/h3-17,34H,1-2H3,(H,33,35). The highest BCUT2D eigenvalue weighted by atomic mass is 79.9. The third-order valence-electron chi connectivity index (χ3n) is 5.70. The molecule has 42 heavy (non-hydrogen) atoms. The Morgan fingerprint density at radius 2 is 1.57 bits per heavy atom. The molecule has 4 aromatic rings. The Morgan fingerprint density at radius 3 is 2.29 bits per heavy atom. The van der Waals surface area contributed by atoms with Crippen LogP contribution >= 0.6 is 27.5 Å². The molecule has 2 N–H and O–H groups in total. The summed E-state index contributed by atoms with van der Waals surface area (Å²) >= 11 is 9.22. The lowest BCUT2D eigenvalue weighted by Gasteiger charge is -2.12.